The number of alkyl halides is 2. The number of aromatic nitrogens is 1. The summed E-state index contributed by atoms with van der Waals surface area (Å²) in [6.45, 7) is -2.62. The van der Waals surface area contributed by atoms with Crippen molar-refractivity contribution in [3.8, 4) is 5.75 Å². The summed E-state index contributed by atoms with van der Waals surface area (Å²) in [5, 5.41) is 0. The van der Waals surface area contributed by atoms with Crippen LogP contribution in [-0.4, -0.2) is 34.8 Å². The van der Waals surface area contributed by atoms with Gasteiger partial charge in [-0.15, -0.1) is 0 Å². The molecular formula is C18H18F2N2O3. The second kappa shape index (κ2) is 7.04. The number of halogens is 2. The van der Waals surface area contributed by atoms with Crippen LogP contribution in [0.2, 0.25) is 0 Å². The quantitative estimate of drug-likeness (QED) is 0.833. The maximum absolute atomic E-state index is 12.8. The van der Waals surface area contributed by atoms with Crippen LogP contribution in [0.3, 0.4) is 0 Å². The Morgan fingerprint density at radius 2 is 2.16 bits per heavy atom. The van der Waals surface area contributed by atoms with Gasteiger partial charge in [-0.25, -0.2) is 0 Å². The number of hydrogen-bond acceptors (Lipinski definition) is 3. The van der Waals surface area contributed by atoms with Gasteiger partial charge in [-0.1, -0.05) is 12.1 Å². The van der Waals surface area contributed by atoms with Crippen LogP contribution in [0.5, 0.6) is 5.75 Å². The van der Waals surface area contributed by atoms with E-state index in [0.29, 0.717) is 24.1 Å². The molecule has 2 heterocycles. The van der Waals surface area contributed by atoms with Gasteiger partial charge >= 0.3 is 6.61 Å². The van der Waals surface area contributed by atoms with Crippen LogP contribution in [-0.2, 0) is 11.3 Å². The Morgan fingerprint density at radius 3 is 2.92 bits per heavy atom. The minimum absolute atomic E-state index is 0.0357. The third-order valence-corrected chi connectivity index (χ3v) is 4.25. The largest absolute Gasteiger partial charge is 0.435 e. The highest BCUT2D eigenvalue weighted by Crippen LogP contribution is 2.27. The molecule has 1 amide bonds. The maximum Gasteiger partial charge on any atom is 0.387 e. The van der Waals surface area contributed by atoms with Gasteiger partial charge < -0.3 is 14.2 Å². The number of carbonyl (C=O) groups excluding carboxylic acids is 2. The van der Waals surface area contributed by atoms with E-state index < -0.39 is 12.7 Å². The van der Waals surface area contributed by atoms with Crippen LogP contribution in [0, 0.1) is 0 Å². The predicted molar refractivity (Wildman–Crippen MR) is 86.6 cm³/mol. The van der Waals surface area contributed by atoms with Crippen molar-refractivity contribution >= 4 is 11.7 Å². The number of carbonyl (C=O) groups is 2. The van der Waals surface area contributed by atoms with Crippen LogP contribution in [0.15, 0.2) is 42.6 Å². The Kier molecular flexibility index (Phi) is 4.83. The number of hydrogen-bond donors (Lipinski definition) is 0. The minimum atomic E-state index is -2.89. The zero-order valence-electron chi connectivity index (χ0n) is 13.7. The Bertz CT molecular complexity index is 788. The summed E-state index contributed by atoms with van der Waals surface area (Å²) in [7, 11) is 1.66. The molecule has 0 radical (unpaired) electrons. The third kappa shape index (κ3) is 3.70. The topological polar surface area (TPSA) is 51.5 Å². The molecular weight excluding hydrogens is 330 g/mol. The van der Waals surface area contributed by atoms with E-state index in [-0.39, 0.29) is 24.0 Å². The molecule has 132 valence electrons. The summed E-state index contributed by atoms with van der Waals surface area (Å²) in [4.78, 5) is 26.2. The molecule has 1 aromatic heterocycles. The van der Waals surface area contributed by atoms with E-state index in [1.54, 1.807) is 42.1 Å². The number of amides is 1. The molecule has 0 saturated carbocycles. The predicted octanol–water partition coefficient (Wildman–Crippen LogP) is 3.27. The molecule has 2 aromatic rings. The molecule has 1 atom stereocenters. The lowest BCUT2D eigenvalue weighted by atomic mass is 10.0. The second-order valence-electron chi connectivity index (χ2n) is 6.00. The average molecular weight is 348 g/mol. The van der Waals surface area contributed by atoms with Gasteiger partial charge in [-0.2, -0.15) is 8.78 Å². The van der Waals surface area contributed by atoms with Crippen molar-refractivity contribution in [2.24, 2.45) is 0 Å². The minimum Gasteiger partial charge on any atom is -0.435 e. The highest BCUT2D eigenvalue weighted by molar-refractivity contribution is 5.97. The summed E-state index contributed by atoms with van der Waals surface area (Å²) >= 11 is 0. The van der Waals surface area contributed by atoms with Crippen molar-refractivity contribution in [3.63, 3.8) is 0 Å². The summed E-state index contributed by atoms with van der Waals surface area (Å²) in [5.41, 5.74) is 1.24. The van der Waals surface area contributed by atoms with Crippen molar-refractivity contribution in [1.29, 1.82) is 0 Å². The molecule has 1 aromatic carbocycles. The number of ether oxygens (including phenoxy) is 1. The monoisotopic (exact) mass is 348 g/mol. The molecule has 0 spiro atoms. The molecule has 1 aliphatic rings. The van der Waals surface area contributed by atoms with Gasteiger partial charge in [0.05, 0.1) is 5.69 Å². The lowest BCUT2D eigenvalue weighted by molar-refractivity contribution is -0.134. The highest BCUT2D eigenvalue weighted by atomic mass is 19.3. The van der Waals surface area contributed by atoms with Gasteiger partial charge in [0.1, 0.15) is 11.8 Å². The Morgan fingerprint density at radius 1 is 1.36 bits per heavy atom. The Labute approximate surface area is 143 Å². The fourth-order valence-electron chi connectivity index (χ4n) is 3.11. The van der Waals surface area contributed by atoms with E-state index in [9.17, 15) is 18.4 Å². The normalized spacial score (nSPS) is 16.6. The number of nitrogens with zero attached hydrogens (tertiary/aromatic N) is 2. The van der Waals surface area contributed by atoms with Gasteiger partial charge in [0.25, 0.3) is 0 Å². The summed E-state index contributed by atoms with van der Waals surface area (Å²) < 4.78 is 30.7. The molecule has 0 aliphatic carbocycles. The van der Waals surface area contributed by atoms with Crippen LogP contribution >= 0.6 is 0 Å². The zero-order chi connectivity index (χ0) is 18.0. The fraction of sp³-hybridized carbons (Fsp3) is 0.333. The molecule has 1 aliphatic heterocycles. The van der Waals surface area contributed by atoms with Crippen LogP contribution < -0.4 is 4.74 Å². The van der Waals surface area contributed by atoms with E-state index in [2.05, 4.69) is 4.74 Å². The number of likely N-dealkylation sites (N-methyl/N-ethyl adjacent to an activating group) is 1. The number of benzene rings is 1. The van der Waals surface area contributed by atoms with Crippen LogP contribution in [0.1, 0.15) is 34.9 Å². The van der Waals surface area contributed by atoms with E-state index in [4.69, 9.17) is 0 Å². The lowest BCUT2D eigenvalue weighted by Crippen LogP contribution is -2.37. The number of Topliss-reactive ketones (excluding diaryl/α,β-unsaturated/α-hetero) is 1. The maximum atomic E-state index is 12.8. The first-order valence-corrected chi connectivity index (χ1v) is 7.94. The first kappa shape index (κ1) is 17.1. The second-order valence-corrected chi connectivity index (χ2v) is 6.00. The van der Waals surface area contributed by atoms with E-state index >= 15 is 0 Å². The fourth-order valence-corrected chi connectivity index (χ4v) is 3.11. The van der Waals surface area contributed by atoms with Crippen molar-refractivity contribution in [1.82, 2.24) is 9.47 Å². The number of rotatable bonds is 5. The third-order valence-electron chi connectivity index (χ3n) is 4.25. The summed E-state index contributed by atoms with van der Waals surface area (Å²) in [6.07, 6.45) is 2.53. The molecule has 0 bridgehead atoms. The van der Waals surface area contributed by atoms with Gasteiger partial charge in [-0.3, -0.25) is 9.59 Å². The summed E-state index contributed by atoms with van der Waals surface area (Å²) in [5.74, 6) is -0.0250. The average Bonchev–Trinajstić information content (AvgIpc) is 3.05. The smallest absolute Gasteiger partial charge is 0.387 e. The van der Waals surface area contributed by atoms with Crippen molar-refractivity contribution in [2.45, 2.75) is 32.0 Å². The zero-order valence-corrected chi connectivity index (χ0v) is 13.7. The number of fused-ring (bicyclic) bond motifs is 1. The van der Waals surface area contributed by atoms with Crippen molar-refractivity contribution in [3.05, 3.63) is 53.9 Å². The van der Waals surface area contributed by atoms with Gasteiger partial charge in [0, 0.05) is 26.2 Å². The van der Waals surface area contributed by atoms with Gasteiger partial charge in [0.15, 0.2) is 5.78 Å². The molecule has 7 heteroatoms. The molecule has 0 saturated heterocycles. The Balaban J connectivity index is 1.72. The van der Waals surface area contributed by atoms with Gasteiger partial charge in [-0.05, 0) is 36.2 Å². The number of ketones is 1. The van der Waals surface area contributed by atoms with E-state index in [0.717, 1.165) is 0 Å². The molecule has 0 N–H and O–H groups in total. The molecule has 1 unspecified atom stereocenters. The molecule has 25 heavy (non-hydrogen) atoms. The molecule has 3 rings (SSSR count). The SMILES string of the molecule is CN(Cc1cccc(OC(F)F)c1)C(=O)C1CCC(=O)c2cccn21. The van der Waals surface area contributed by atoms with Crippen molar-refractivity contribution in [2.75, 3.05) is 7.05 Å². The Hall–Kier alpha value is -2.70. The van der Waals surface area contributed by atoms with Crippen LogP contribution in [0.25, 0.3) is 0 Å². The molecule has 5 nitrogen and oxygen atoms in total. The first-order valence-electron chi connectivity index (χ1n) is 7.94. The summed E-state index contributed by atoms with van der Waals surface area (Å²) in [6, 6.07) is 9.32. The van der Waals surface area contributed by atoms with E-state index in [1.807, 2.05) is 0 Å². The molecule has 0 fully saturated rings. The lowest BCUT2D eigenvalue weighted by Gasteiger charge is -2.29. The van der Waals surface area contributed by atoms with E-state index in [1.165, 1.54) is 17.0 Å². The first-order chi connectivity index (χ1) is 12.0. The van der Waals surface area contributed by atoms with Crippen molar-refractivity contribution < 1.29 is 23.1 Å². The van der Waals surface area contributed by atoms with Crippen LogP contribution in [0.4, 0.5) is 8.78 Å². The van der Waals surface area contributed by atoms with Gasteiger partial charge in [0.2, 0.25) is 5.91 Å². The standard InChI is InChI=1S/C18H18F2N2O3/c1-21(11-12-4-2-5-13(10-12)25-18(19)20)17(24)15-7-8-16(23)14-6-3-9-22(14)15/h2-6,9-10,15,18H,7-8,11H2,1H3. The highest BCUT2D eigenvalue weighted by Gasteiger charge is 2.31.